The molecule has 1 aliphatic heterocycles. The topological polar surface area (TPSA) is 62.7 Å². The maximum absolute atomic E-state index is 12.6. The summed E-state index contributed by atoms with van der Waals surface area (Å²) in [5, 5.41) is 6.10. The summed E-state index contributed by atoms with van der Waals surface area (Å²) in [6.45, 7) is 5.32. The fraction of sp³-hybridized carbons (Fsp3) is 0.333. The van der Waals surface area contributed by atoms with Crippen LogP contribution < -0.4 is 10.6 Å². The first-order valence-corrected chi connectivity index (χ1v) is 8.98. The van der Waals surface area contributed by atoms with Crippen molar-refractivity contribution in [3.63, 3.8) is 0 Å². The number of guanidine groups is 1. The molecule has 1 amide bonds. The van der Waals surface area contributed by atoms with Crippen LogP contribution in [-0.4, -0.2) is 31.1 Å². The van der Waals surface area contributed by atoms with Crippen molar-refractivity contribution in [1.29, 1.82) is 0 Å². The number of benzene rings is 2. The Kier molecular flexibility index (Phi) is 6.02. The molecular weight excluding hydrogens is 326 g/mol. The van der Waals surface area contributed by atoms with Gasteiger partial charge in [0, 0.05) is 17.9 Å². The Balaban J connectivity index is 1.73. The van der Waals surface area contributed by atoms with Gasteiger partial charge in [-0.2, -0.15) is 0 Å². The highest BCUT2D eigenvalue weighted by atomic mass is 16.5. The number of carbonyl (C=O) groups is 1. The average Bonchev–Trinajstić information content (AvgIpc) is 3.15. The van der Waals surface area contributed by atoms with Gasteiger partial charge in [-0.1, -0.05) is 35.4 Å². The zero-order valence-electron chi connectivity index (χ0n) is 15.3. The van der Waals surface area contributed by atoms with Crippen molar-refractivity contribution in [2.45, 2.75) is 32.8 Å². The molecule has 0 radical (unpaired) electrons. The lowest BCUT2D eigenvalue weighted by atomic mass is 10.1. The number of anilines is 1. The number of nitrogens with one attached hydrogen (secondary N) is 2. The van der Waals surface area contributed by atoms with E-state index in [1.165, 1.54) is 5.56 Å². The predicted molar refractivity (Wildman–Crippen MR) is 105 cm³/mol. The van der Waals surface area contributed by atoms with E-state index in [-0.39, 0.29) is 12.0 Å². The first kappa shape index (κ1) is 18.1. The van der Waals surface area contributed by atoms with Gasteiger partial charge < -0.3 is 10.1 Å². The Morgan fingerprint density at radius 2 is 1.96 bits per heavy atom. The molecule has 3 rings (SSSR count). The third-order valence-electron chi connectivity index (χ3n) is 4.30. The molecule has 1 fully saturated rings. The lowest BCUT2D eigenvalue weighted by Gasteiger charge is -2.14. The van der Waals surface area contributed by atoms with Crippen LogP contribution in [0.1, 0.15) is 34.3 Å². The molecule has 2 N–H and O–H groups in total. The molecule has 0 spiro atoms. The van der Waals surface area contributed by atoms with Crippen LogP contribution >= 0.6 is 0 Å². The largest absolute Gasteiger partial charge is 0.376 e. The normalized spacial score (nSPS) is 17.2. The molecule has 1 atom stereocenters. The maximum atomic E-state index is 12.6. The molecular formula is C21H25N3O2. The highest BCUT2D eigenvalue weighted by Crippen LogP contribution is 2.13. The van der Waals surface area contributed by atoms with Crippen LogP contribution in [0.4, 0.5) is 5.69 Å². The van der Waals surface area contributed by atoms with Crippen molar-refractivity contribution in [3.05, 3.63) is 65.2 Å². The summed E-state index contributed by atoms with van der Waals surface area (Å²) in [5.41, 5.74) is 3.71. The second-order valence-corrected chi connectivity index (χ2v) is 6.64. The number of hydrogen-bond donors (Lipinski definition) is 2. The third kappa shape index (κ3) is 5.17. The van der Waals surface area contributed by atoms with Gasteiger partial charge in [0.2, 0.25) is 5.96 Å². The summed E-state index contributed by atoms with van der Waals surface area (Å²) in [6, 6.07) is 15.5. The fourth-order valence-electron chi connectivity index (χ4n) is 2.83. The Morgan fingerprint density at radius 1 is 1.15 bits per heavy atom. The van der Waals surface area contributed by atoms with E-state index in [0.29, 0.717) is 18.1 Å². The van der Waals surface area contributed by atoms with Gasteiger partial charge in [-0.3, -0.25) is 10.1 Å². The monoisotopic (exact) mass is 351 g/mol. The summed E-state index contributed by atoms with van der Waals surface area (Å²) in [6.07, 6.45) is 2.20. The Labute approximate surface area is 154 Å². The minimum absolute atomic E-state index is 0.126. The molecule has 5 nitrogen and oxygen atoms in total. The van der Waals surface area contributed by atoms with Crippen molar-refractivity contribution < 1.29 is 9.53 Å². The highest BCUT2D eigenvalue weighted by molar-refractivity contribution is 6.10. The second-order valence-electron chi connectivity index (χ2n) is 6.64. The van der Waals surface area contributed by atoms with Gasteiger partial charge in [0.15, 0.2) is 0 Å². The second kappa shape index (κ2) is 8.63. The van der Waals surface area contributed by atoms with Gasteiger partial charge in [0.1, 0.15) is 0 Å². The molecule has 1 heterocycles. The SMILES string of the molecule is Cc1ccc(NC(=NC[C@@H]2CCCO2)NC(=O)c2cccc(C)c2)cc1. The van der Waals surface area contributed by atoms with E-state index in [1.807, 2.05) is 56.3 Å². The van der Waals surface area contributed by atoms with Gasteiger partial charge >= 0.3 is 0 Å². The quantitative estimate of drug-likeness (QED) is 0.652. The van der Waals surface area contributed by atoms with Gasteiger partial charge in [0.05, 0.1) is 12.6 Å². The number of carbonyl (C=O) groups excluding carboxylic acids is 1. The summed E-state index contributed by atoms with van der Waals surface area (Å²) >= 11 is 0. The van der Waals surface area contributed by atoms with Gasteiger partial charge in [-0.25, -0.2) is 4.99 Å². The Hall–Kier alpha value is -2.66. The lowest BCUT2D eigenvalue weighted by molar-refractivity contribution is 0.0975. The molecule has 1 saturated heterocycles. The van der Waals surface area contributed by atoms with Crippen LogP contribution in [0.5, 0.6) is 0 Å². The van der Waals surface area contributed by atoms with Crippen LogP contribution in [0.25, 0.3) is 0 Å². The first-order valence-electron chi connectivity index (χ1n) is 8.98. The van der Waals surface area contributed by atoms with E-state index >= 15 is 0 Å². The molecule has 5 heteroatoms. The predicted octanol–water partition coefficient (Wildman–Crippen LogP) is 3.68. The van der Waals surface area contributed by atoms with Crippen LogP contribution in [0.2, 0.25) is 0 Å². The fourth-order valence-corrected chi connectivity index (χ4v) is 2.83. The van der Waals surface area contributed by atoms with Crippen LogP contribution in [0.3, 0.4) is 0 Å². The standard InChI is InChI=1S/C21H25N3O2/c1-15-8-10-18(11-9-15)23-21(22-14-19-7-4-12-26-19)24-20(25)17-6-3-5-16(2)13-17/h3,5-6,8-11,13,19H,4,7,12,14H2,1-2H3,(H2,22,23,24,25)/t19-/m0/s1. The van der Waals surface area contributed by atoms with Crippen molar-refractivity contribution in [1.82, 2.24) is 5.32 Å². The molecule has 0 aromatic heterocycles. The molecule has 1 aliphatic rings. The summed E-state index contributed by atoms with van der Waals surface area (Å²) in [5.74, 6) is 0.260. The molecule has 0 unspecified atom stereocenters. The number of ether oxygens (including phenoxy) is 1. The number of nitrogens with zero attached hydrogens (tertiary/aromatic N) is 1. The average molecular weight is 351 g/mol. The smallest absolute Gasteiger partial charge is 0.257 e. The van der Waals surface area contributed by atoms with E-state index in [4.69, 9.17) is 4.74 Å². The molecule has 0 saturated carbocycles. The molecule has 0 aliphatic carbocycles. The van der Waals surface area contributed by atoms with Crippen LogP contribution in [0.15, 0.2) is 53.5 Å². The maximum Gasteiger partial charge on any atom is 0.257 e. The summed E-state index contributed by atoms with van der Waals surface area (Å²) in [7, 11) is 0. The van der Waals surface area contributed by atoms with Gasteiger partial charge in [-0.05, 0) is 51.0 Å². The summed E-state index contributed by atoms with van der Waals surface area (Å²) < 4.78 is 5.63. The minimum Gasteiger partial charge on any atom is -0.376 e. The van der Waals surface area contributed by atoms with Crippen molar-refractivity contribution >= 4 is 17.6 Å². The Morgan fingerprint density at radius 3 is 2.65 bits per heavy atom. The molecule has 0 bridgehead atoms. The van der Waals surface area contributed by atoms with E-state index < -0.39 is 0 Å². The molecule has 2 aromatic rings. The van der Waals surface area contributed by atoms with E-state index in [2.05, 4.69) is 15.6 Å². The zero-order chi connectivity index (χ0) is 18.4. The van der Waals surface area contributed by atoms with Crippen molar-refractivity contribution in [2.24, 2.45) is 4.99 Å². The minimum atomic E-state index is -0.181. The number of aliphatic imine (C=N–C) groups is 1. The third-order valence-corrected chi connectivity index (χ3v) is 4.30. The number of amides is 1. The van der Waals surface area contributed by atoms with E-state index in [9.17, 15) is 4.79 Å². The molecule has 26 heavy (non-hydrogen) atoms. The van der Waals surface area contributed by atoms with E-state index in [0.717, 1.165) is 30.7 Å². The van der Waals surface area contributed by atoms with Gasteiger partial charge in [0.25, 0.3) is 5.91 Å². The van der Waals surface area contributed by atoms with E-state index in [1.54, 1.807) is 6.07 Å². The number of hydrogen-bond acceptors (Lipinski definition) is 3. The zero-order valence-corrected chi connectivity index (χ0v) is 15.3. The first-order chi connectivity index (χ1) is 12.6. The number of rotatable bonds is 4. The van der Waals surface area contributed by atoms with Crippen molar-refractivity contribution in [2.75, 3.05) is 18.5 Å². The van der Waals surface area contributed by atoms with Crippen LogP contribution in [-0.2, 0) is 4.74 Å². The Bertz CT molecular complexity index is 778. The van der Waals surface area contributed by atoms with Gasteiger partial charge in [-0.15, -0.1) is 0 Å². The van der Waals surface area contributed by atoms with Crippen molar-refractivity contribution in [3.8, 4) is 0 Å². The molecule has 136 valence electrons. The highest BCUT2D eigenvalue weighted by Gasteiger charge is 2.16. The summed E-state index contributed by atoms with van der Waals surface area (Å²) in [4.78, 5) is 17.1. The number of aryl methyl sites for hydroxylation is 2. The lowest BCUT2D eigenvalue weighted by Crippen LogP contribution is -2.36. The molecule has 2 aromatic carbocycles. The van der Waals surface area contributed by atoms with Crippen LogP contribution in [0, 0.1) is 13.8 Å².